The van der Waals surface area contributed by atoms with Gasteiger partial charge in [-0.3, -0.25) is 9.59 Å². The van der Waals surface area contributed by atoms with E-state index in [9.17, 15) is 9.59 Å². The Balaban J connectivity index is 1.34. The lowest BCUT2D eigenvalue weighted by atomic mass is 9.49. The number of methoxy groups -OCH3 is 1. The highest BCUT2D eigenvalue weighted by Gasteiger charge is 2.51. The first-order valence-electron chi connectivity index (χ1n) is 10.6. The third-order valence-electron chi connectivity index (χ3n) is 6.84. The van der Waals surface area contributed by atoms with Gasteiger partial charge in [-0.1, -0.05) is 0 Å². The van der Waals surface area contributed by atoms with Crippen molar-refractivity contribution in [1.82, 2.24) is 5.43 Å². The largest absolute Gasteiger partial charge is 0.496 e. The van der Waals surface area contributed by atoms with Crippen molar-refractivity contribution in [2.45, 2.75) is 58.5 Å². The summed E-state index contributed by atoms with van der Waals surface area (Å²) >= 11 is 0. The van der Waals surface area contributed by atoms with Crippen LogP contribution in [-0.2, 0) is 20.9 Å². The van der Waals surface area contributed by atoms with E-state index in [1.807, 2.05) is 12.1 Å². The number of rotatable bonds is 7. The maximum absolute atomic E-state index is 12.6. The topological polar surface area (TPSA) is 77.0 Å². The summed E-state index contributed by atoms with van der Waals surface area (Å²) in [5.74, 6) is 2.83. The molecule has 1 aromatic carbocycles. The molecule has 4 fully saturated rings. The maximum atomic E-state index is 12.6. The van der Waals surface area contributed by atoms with Crippen LogP contribution in [0.3, 0.4) is 0 Å². The molecule has 0 heterocycles. The summed E-state index contributed by atoms with van der Waals surface area (Å²) in [7, 11) is 1.57. The van der Waals surface area contributed by atoms with Gasteiger partial charge in [-0.25, -0.2) is 5.43 Å². The summed E-state index contributed by atoms with van der Waals surface area (Å²) in [6, 6.07) is 5.50. The maximum Gasteiger partial charge on any atom is 0.302 e. The predicted octanol–water partition coefficient (Wildman–Crippen LogP) is 3.81. The SMILES string of the molecule is COc1ccc(/C=N/NC(=O)CC23CC4CC(CC(C4)C2)C3)cc1COC(C)=O. The van der Waals surface area contributed by atoms with Crippen LogP contribution < -0.4 is 10.2 Å². The van der Waals surface area contributed by atoms with Gasteiger partial charge >= 0.3 is 5.97 Å². The van der Waals surface area contributed by atoms with Gasteiger partial charge in [0.25, 0.3) is 0 Å². The fourth-order valence-electron chi connectivity index (χ4n) is 6.24. The van der Waals surface area contributed by atoms with Crippen LogP contribution >= 0.6 is 0 Å². The van der Waals surface area contributed by atoms with Crippen LogP contribution in [0.4, 0.5) is 0 Å². The van der Waals surface area contributed by atoms with Crippen molar-refractivity contribution in [2.24, 2.45) is 28.3 Å². The van der Waals surface area contributed by atoms with Crippen molar-refractivity contribution in [3.05, 3.63) is 29.3 Å². The number of nitrogens with one attached hydrogen (secondary N) is 1. The molecule has 156 valence electrons. The minimum Gasteiger partial charge on any atom is -0.496 e. The molecule has 0 aromatic heterocycles. The Morgan fingerprint density at radius 2 is 1.83 bits per heavy atom. The van der Waals surface area contributed by atoms with Crippen LogP contribution in [0.5, 0.6) is 5.75 Å². The molecule has 5 rings (SSSR count). The summed E-state index contributed by atoms with van der Waals surface area (Å²) < 4.78 is 10.4. The van der Waals surface area contributed by atoms with Gasteiger partial charge < -0.3 is 9.47 Å². The van der Waals surface area contributed by atoms with E-state index in [0.717, 1.165) is 28.9 Å². The van der Waals surface area contributed by atoms with Crippen LogP contribution in [-0.4, -0.2) is 25.2 Å². The van der Waals surface area contributed by atoms with Crippen molar-refractivity contribution in [1.29, 1.82) is 0 Å². The fourth-order valence-corrected chi connectivity index (χ4v) is 6.24. The average Bonchev–Trinajstić information content (AvgIpc) is 2.65. The van der Waals surface area contributed by atoms with E-state index >= 15 is 0 Å². The minimum atomic E-state index is -0.344. The Morgan fingerprint density at radius 1 is 1.17 bits per heavy atom. The third-order valence-corrected chi connectivity index (χ3v) is 6.84. The Labute approximate surface area is 172 Å². The van der Waals surface area contributed by atoms with Crippen molar-refractivity contribution in [3.8, 4) is 5.75 Å². The highest BCUT2D eigenvalue weighted by molar-refractivity contribution is 5.83. The zero-order valence-corrected chi connectivity index (χ0v) is 17.3. The third kappa shape index (κ3) is 4.62. The molecule has 0 saturated heterocycles. The van der Waals surface area contributed by atoms with Crippen molar-refractivity contribution < 1.29 is 19.1 Å². The second kappa shape index (κ2) is 8.17. The second-order valence-electron chi connectivity index (χ2n) is 9.24. The van der Waals surface area contributed by atoms with E-state index in [4.69, 9.17) is 9.47 Å². The highest BCUT2D eigenvalue weighted by atomic mass is 16.5. The molecule has 1 N–H and O–H groups in total. The molecule has 6 heteroatoms. The monoisotopic (exact) mass is 398 g/mol. The molecular weight excluding hydrogens is 368 g/mol. The highest BCUT2D eigenvalue weighted by Crippen LogP contribution is 2.61. The van der Waals surface area contributed by atoms with Gasteiger partial charge in [0.2, 0.25) is 5.91 Å². The normalized spacial score (nSPS) is 29.8. The van der Waals surface area contributed by atoms with E-state index in [1.165, 1.54) is 45.4 Å². The molecule has 0 unspecified atom stereocenters. The van der Waals surface area contributed by atoms with Crippen LogP contribution in [0.15, 0.2) is 23.3 Å². The van der Waals surface area contributed by atoms with Gasteiger partial charge in [-0.15, -0.1) is 0 Å². The number of nitrogens with zero attached hydrogens (tertiary/aromatic N) is 1. The summed E-state index contributed by atoms with van der Waals surface area (Å²) in [6.07, 6.45) is 10.0. The lowest BCUT2D eigenvalue weighted by Crippen LogP contribution is -2.47. The van der Waals surface area contributed by atoms with Crippen LogP contribution in [0.2, 0.25) is 0 Å². The first-order valence-corrected chi connectivity index (χ1v) is 10.6. The molecular formula is C23H30N2O4. The summed E-state index contributed by atoms with van der Waals surface area (Å²) in [4.78, 5) is 23.6. The molecule has 4 bridgehead atoms. The first-order chi connectivity index (χ1) is 13.9. The quantitative estimate of drug-likeness (QED) is 0.430. The van der Waals surface area contributed by atoms with E-state index < -0.39 is 0 Å². The minimum absolute atomic E-state index is 0.0110. The number of esters is 1. The lowest BCUT2D eigenvalue weighted by molar-refractivity contribution is -0.142. The number of carbonyl (C=O) groups is 2. The van der Waals surface area contributed by atoms with Crippen LogP contribution in [0.25, 0.3) is 0 Å². The van der Waals surface area contributed by atoms with E-state index in [0.29, 0.717) is 12.2 Å². The molecule has 6 nitrogen and oxygen atoms in total. The number of hydrazone groups is 1. The van der Waals surface area contributed by atoms with Gasteiger partial charge in [0, 0.05) is 18.9 Å². The lowest BCUT2D eigenvalue weighted by Gasteiger charge is -2.56. The molecule has 29 heavy (non-hydrogen) atoms. The number of amides is 1. The Bertz CT molecular complexity index is 782. The smallest absolute Gasteiger partial charge is 0.302 e. The van der Waals surface area contributed by atoms with Gasteiger partial charge in [0.1, 0.15) is 12.4 Å². The van der Waals surface area contributed by atoms with Crippen molar-refractivity contribution >= 4 is 18.1 Å². The molecule has 0 spiro atoms. The molecule has 4 aliphatic rings. The molecule has 1 aromatic rings. The van der Waals surface area contributed by atoms with Crippen molar-refractivity contribution in [3.63, 3.8) is 0 Å². The standard InChI is InChI=1S/C23H30N2O4/c1-15(26)29-14-20-8-16(3-4-21(20)28-2)13-24-25-22(27)12-23-9-17-5-18(10-23)7-19(6-17)11-23/h3-4,8,13,17-19H,5-7,9-12,14H2,1-2H3,(H,25,27)/b24-13+. The molecule has 1 amide bonds. The van der Waals surface area contributed by atoms with Gasteiger partial charge in [-0.2, -0.15) is 5.10 Å². The zero-order chi connectivity index (χ0) is 20.4. The molecule has 0 aliphatic heterocycles. The zero-order valence-electron chi connectivity index (χ0n) is 17.3. The number of carbonyl (C=O) groups excluding carboxylic acids is 2. The van der Waals surface area contributed by atoms with Crippen LogP contribution in [0, 0.1) is 23.2 Å². The van der Waals surface area contributed by atoms with E-state index in [2.05, 4.69) is 10.5 Å². The molecule has 0 atom stereocenters. The Kier molecular flexibility index (Phi) is 5.61. The summed E-state index contributed by atoms with van der Waals surface area (Å²) in [6.45, 7) is 1.51. The van der Waals surface area contributed by atoms with Crippen molar-refractivity contribution in [2.75, 3.05) is 7.11 Å². The van der Waals surface area contributed by atoms with E-state index in [1.54, 1.807) is 19.4 Å². The predicted molar refractivity (Wildman–Crippen MR) is 109 cm³/mol. The van der Waals surface area contributed by atoms with Gasteiger partial charge in [0.15, 0.2) is 0 Å². The van der Waals surface area contributed by atoms with Gasteiger partial charge in [0.05, 0.1) is 13.3 Å². The molecule has 4 aliphatic carbocycles. The molecule has 4 saturated carbocycles. The van der Waals surface area contributed by atoms with Gasteiger partial charge in [-0.05, 0) is 85.5 Å². The average molecular weight is 399 g/mol. The number of benzene rings is 1. The Hall–Kier alpha value is -2.37. The first kappa shape index (κ1) is 19.9. The number of ether oxygens (including phenoxy) is 2. The number of hydrogen-bond donors (Lipinski definition) is 1. The van der Waals surface area contributed by atoms with E-state index in [-0.39, 0.29) is 23.9 Å². The molecule has 0 radical (unpaired) electrons. The van der Waals surface area contributed by atoms with Crippen LogP contribution in [0.1, 0.15) is 63.0 Å². The Morgan fingerprint density at radius 3 is 2.41 bits per heavy atom. The fraction of sp³-hybridized carbons (Fsp3) is 0.609. The summed E-state index contributed by atoms with van der Waals surface area (Å²) in [5.41, 5.74) is 4.50. The number of hydrogen-bond acceptors (Lipinski definition) is 5. The second-order valence-corrected chi connectivity index (χ2v) is 9.24. The summed E-state index contributed by atoms with van der Waals surface area (Å²) in [5, 5.41) is 4.16.